The predicted octanol–water partition coefficient (Wildman–Crippen LogP) is 0.0533. The predicted molar refractivity (Wildman–Crippen MR) is 33.5 cm³/mol. The molecule has 0 spiro atoms. The maximum absolute atomic E-state index is 8.66. The molecule has 0 amide bonds. The summed E-state index contributed by atoms with van der Waals surface area (Å²) >= 11 is 0. The van der Waals surface area contributed by atoms with E-state index in [0.717, 1.165) is 0 Å². The van der Waals surface area contributed by atoms with Gasteiger partial charge in [-0.05, 0) is 6.42 Å². The zero-order chi connectivity index (χ0) is 7.71. The van der Waals surface area contributed by atoms with E-state index in [1.807, 2.05) is 0 Å². The topological polar surface area (TPSA) is 60.7 Å². The molecule has 0 saturated heterocycles. The molecular weight excluding hydrogens is 120 g/mol. The highest BCUT2D eigenvalue weighted by molar-refractivity contribution is 4.72. The molecule has 0 aliphatic heterocycles. The Bertz CT molecular complexity index is 91.0. The first kappa shape index (κ1) is 8.88. The normalized spacial score (nSPS) is 14.0. The van der Waals surface area contributed by atoms with E-state index >= 15 is 0 Å². The first-order valence-corrected chi connectivity index (χ1v) is 2.98. The lowest BCUT2D eigenvalue weighted by Crippen LogP contribution is -2.43. The van der Waals surface area contributed by atoms with Gasteiger partial charge in [0, 0.05) is 5.41 Å². The maximum Gasteiger partial charge on any atom is 0.280 e. The van der Waals surface area contributed by atoms with Crippen LogP contribution in [0.25, 0.3) is 0 Å². The molecule has 3 N–H and O–H groups in total. The van der Waals surface area contributed by atoms with E-state index in [4.69, 9.17) is 15.3 Å². The SMILES string of the molecule is CCC(C)(C)C(O)(O)O. The van der Waals surface area contributed by atoms with E-state index in [2.05, 4.69) is 0 Å². The van der Waals surface area contributed by atoms with Gasteiger partial charge in [-0.25, -0.2) is 0 Å². The van der Waals surface area contributed by atoms with Crippen molar-refractivity contribution in [3.8, 4) is 0 Å². The summed E-state index contributed by atoms with van der Waals surface area (Å²) in [6.45, 7) is 4.93. The van der Waals surface area contributed by atoms with Crippen molar-refractivity contribution in [1.82, 2.24) is 0 Å². The molecule has 0 bridgehead atoms. The molecule has 0 heterocycles. The average Bonchev–Trinajstić information content (AvgIpc) is 1.64. The van der Waals surface area contributed by atoms with Gasteiger partial charge < -0.3 is 15.3 Å². The van der Waals surface area contributed by atoms with Crippen LogP contribution in [0.3, 0.4) is 0 Å². The molecule has 0 rings (SSSR count). The van der Waals surface area contributed by atoms with Gasteiger partial charge in [0.2, 0.25) is 0 Å². The summed E-state index contributed by atoms with van der Waals surface area (Å²) in [5.41, 5.74) is -0.854. The van der Waals surface area contributed by atoms with Gasteiger partial charge in [-0.3, -0.25) is 0 Å². The fourth-order valence-electron chi connectivity index (χ4n) is 0.237. The minimum atomic E-state index is -2.55. The number of aliphatic hydroxyl groups is 3. The Morgan fingerprint density at radius 2 is 1.44 bits per heavy atom. The van der Waals surface area contributed by atoms with Crippen LogP contribution >= 0.6 is 0 Å². The summed E-state index contributed by atoms with van der Waals surface area (Å²) in [4.78, 5) is 0. The molecule has 3 nitrogen and oxygen atoms in total. The second-order valence-corrected chi connectivity index (χ2v) is 2.87. The van der Waals surface area contributed by atoms with E-state index < -0.39 is 11.4 Å². The fraction of sp³-hybridized carbons (Fsp3) is 1.00. The summed E-state index contributed by atoms with van der Waals surface area (Å²) in [7, 11) is 0. The molecule has 0 aliphatic rings. The molecule has 0 radical (unpaired) electrons. The van der Waals surface area contributed by atoms with Crippen molar-refractivity contribution in [2.24, 2.45) is 5.41 Å². The van der Waals surface area contributed by atoms with E-state index in [9.17, 15) is 0 Å². The van der Waals surface area contributed by atoms with Crippen molar-refractivity contribution < 1.29 is 15.3 Å². The summed E-state index contributed by atoms with van der Waals surface area (Å²) in [5, 5.41) is 26.0. The second kappa shape index (κ2) is 2.25. The van der Waals surface area contributed by atoms with Gasteiger partial charge in [-0.2, -0.15) is 0 Å². The Balaban J connectivity index is 4.14. The van der Waals surface area contributed by atoms with Crippen LogP contribution in [-0.4, -0.2) is 21.3 Å². The highest BCUT2D eigenvalue weighted by Gasteiger charge is 2.38. The van der Waals surface area contributed by atoms with Crippen LogP contribution in [0.15, 0.2) is 0 Å². The lowest BCUT2D eigenvalue weighted by atomic mass is 9.87. The van der Waals surface area contributed by atoms with Crippen LogP contribution in [0, 0.1) is 5.41 Å². The summed E-state index contributed by atoms with van der Waals surface area (Å²) in [6, 6.07) is 0. The standard InChI is InChI=1S/C6H14O3/c1-4-5(2,3)6(7,8)9/h7-9H,4H2,1-3H3. The van der Waals surface area contributed by atoms with E-state index in [1.54, 1.807) is 20.8 Å². The van der Waals surface area contributed by atoms with Crippen molar-refractivity contribution in [2.45, 2.75) is 33.2 Å². The first-order valence-electron chi connectivity index (χ1n) is 2.98. The second-order valence-electron chi connectivity index (χ2n) is 2.87. The molecule has 0 atom stereocenters. The van der Waals surface area contributed by atoms with Crippen molar-refractivity contribution in [1.29, 1.82) is 0 Å². The smallest absolute Gasteiger partial charge is 0.280 e. The lowest BCUT2D eigenvalue weighted by Gasteiger charge is -2.31. The molecule has 0 fully saturated rings. The van der Waals surface area contributed by atoms with E-state index in [1.165, 1.54) is 0 Å². The quantitative estimate of drug-likeness (QED) is 0.468. The molecule has 0 aromatic heterocycles. The van der Waals surface area contributed by atoms with Gasteiger partial charge in [-0.15, -0.1) is 0 Å². The third-order valence-electron chi connectivity index (χ3n) is 1.79. The lowest BCUT2D eigenvalue weighted by molar-refractivity contribution is -0.367. The number of rotatable bonds is 2. The Morgan fingerprint density at radius 3 is 1.44 bits per heavy atom. The molecular formula is C6H14O3. The zero-order valence-corrected chi connectivity index (χ0v) is 6.05. The molecule has 3 heteroatoms. The largest absolute Gasteiger partial charge is 0.343 e. The molecule has 0 aromatic carbocycles. The molecule has 0 aliphatic carbocycles. The molecule has 0 saturated carbocycles. The van der Waals surface area contributed by atoms with Crippen LogP contribution in [0.5, 0.6) is 0 Å². The molecule has 9 heavy (non-hydrogen) atoms. The Labute approximate surface area is 54.9 Å². The van der Waals surface area contributed by atoms with Crippen LogP contribution in [0.2, 0.25) is 0 Å². The summed E-state index contributed by atoms with van der Waals surface area (Å²) < 4.78 is 0. The summed E-state index contributed by atoms with van der Waals surface area (Å²) in [5.74, 6) is -2.55. The minimum Gasteiger partial charge on any atom is -0.343 e. The van der Waals surface area contributed by atoms with E-state index in [-0.39, 0.29) is 0 Å². The highest BCUT2D eigenvalue weighted by atomic mass is 16.7. The van der Waals surface area contributed by atoms with Gasteiger partial charge >= 0.3 is 0 Å². The molecule has 0 aromatic rings. The van der Waals surface area contributed by atoms with Crippen molar-refractivity contribution >= 4 is 0 Å². The fourth-order valence-corrected chi connectivity index (χ4v) is 0.237. The van der Waals surface area contributed by atoms with Crippen molar-refractivity contribution in [3.63, 3.8) is 0 Å². The number of hydrogen-bond donors (Lipinski definition) is 3. The Kier molecular flexibility index (Phi) is 2.22. The van der Waals surface area contributed by atoms with Crippen LogP contribution < -0.4 is 0 Å². The highest BCUT2D eigenvalue weighted by Crippen LogP contribution is 2.29. The van der Waals surface area contributed by atoms with Gasteiger partial charge in [-0.1, -0.05) is 20.8 Å². The van der Waals surface area contributed by atoms with Gasteiger partial charge in [0.1, 0.15) is 0 Å². The third-order valence-corrected chi connectivity index (χ3v) is 1.79. The van der Waals surface area contributed by atoms with Gasteiger partial charge in [0.15, 0.2) is 0 Å². The molecule has 56 valence electrons. The zero-order valence-electron chi connectivity index (χ0n) is 6.05. The third kappa shape index (κ3) is 1.93. The van der Waals surface area contributed by atoms with Crippen LogP contribution in [0.1, 0.15) is 27.2 Å². The van der Waals surface area contributed by atoms with E-state index in [0.29, 0.717) is 6.42 Å². The van der Waals surface area contributed by atoms with Crippen LogP contribution in [-0.2, 0) is 0 Å². The van der Waals surface area contributed by atoms with Crippen molar-refractivity contribution in [2.75, 3.05) is 0 Å². The average molecular weight is 134 g/mol. The monoisotopic (exact) mass is 134 g/mol. The van der Waals surface area contributed by atoms with Crippen LogP contribution in [0.4, 0.5) is 0 Å². The van der Waals surface area contributed by atoms with Crippen molar-refractivity contribution in [3.05, 3.63) is 0 Å². The Hall–Kier alpha value is -0.120. The summed E-state index contributed by atoms with van der Waals surface area (Å²) in [6.07, 6.45) is 0.510. The first-order chi connectivity index (χ1) is 3.81. The molecule has 0 unspecified atom stereocenters. The number of hydrogen-bond acceptors (Lipinski definition) is 3. The van der Waals surface area contributed by atoms with Gasteiger partial charge in [0.25, 0.3) is 5.97 Å². The Morgan fingerprint density at radius 1 is 1.11 bits per heavy atom. The maximum atomic E-state index is 8.66. The van der Waals surface area contributed by atoms with Gasteiger partial charge in [0.05, 0.1) is 0 Å². The minimum absolute atomic E-state index is 0.510.